The highest BCUT2D eigenvalue weighted by atomic mass is 16.5. The van der Waals surface area contributed by atoms with Gasteiger partial charge in [-0.15, -0.1) is 5.10 Å². The number of carbonyl (C=O) groups is 2. The Hall–Kier alpha value is -2.58. The molecule has 1 aliphatic rings. The molecule has 0 unspecified atom stereocenters. The summed E-state index contributed by atoms with van der Waals surface area (Å²) in [7, 11) is 0. The zero-order valence-corrected chi connectivity index (χ0v) is 14.6. The van der Waals surface area contributed by atoms with E-state index in [1.807, 2.05) is 0 Å². The number of carboxylic acids is 1. The minimum atomic E-state index is -1.80. The number of aliphatic hydroxyl groups excluding tert-OH is 5. The lowest BCUT2D eigenvalue weighted by atomic mass is 9.94. The lowest BCUT2D eigenvalue weighted by Gasteiger charge is -2.38. The number of aromatic nitrogens is 3. The van der Waals surface area contributed by atoms with Crippen molar-refractivity contribution < 1.29 is 45.0 Å². The zero-order chi connectivity index (χ0) is 20.8. The third-order valence-corrected chi connectivity index (χ3v) is 4.02. The van der Waals surface area contributed by atoms with Gasteiger partial charge in [0.2, 0.25) is 11.7 Å². The van der Waals surface area contributed by atoms with E-state index in [-0.39, 0.29) is 19.6 Å². The van der Waals surface area contributed by atoms with Crippen molar-refractivity contribution in [2.45, 2.75) is 43.4 Å². The molecule has 7 N–H and O–H groups in total. The van der Waals surface area contributed by atoms with Gasteiger partial charge in [0.25, 0.3) is 0 Å². The monoisotopic (exact) mass is 402 g/mol. The Morgan fingerprint density at radius 1 is 1.32 bits per heavy atom. The molecule has 0 spiro atoms. The second kappa shape index (κ2) is 9.57. The smallest absolute Gasteiger partial charge is 0.370 e. The molecule has 0 aliphatic carbocycles. The number of carbonyl (C=O) groups excluding carboxylic acids is 1. The first-order valence-corrected chi connectivity index (χ1v) is 8.32. The molecule has 0 saturated carbocycles. The maximum absolute atomic E-state index is 12.3. The van der Waals surface area contributed by atoms with Crippen LogP contribution in [0.3, 0.4) is 0 Å². The van der Waals surface area contributed by atoms with Crippen LogP contribution in [0, 0.1) is 0 Å². The second-order valence-electron chi connectivity index (χ2n) is 6.12. The second-order valence-corrected chi connectivity index (χ2v) is 6.12. The molecule has 13 nitrogen and oxygen atoms in total. The highest BCUT2D eigenvalue weighted by Crippen LogP contribution is 2.23. The van der Waals surface area contributed by atoms with E-state index in [0.29, 0.717) is 5.69 Å². The standard InChI is InChI=1S/C15H22N4O9/c20-2-1-7-4-19(18-17-7)5-11(24)16-12-8(22)3-10(15(26)27)28-14(12)13(25)9(23)6-21/h3-4,8-9,12-14,20-23,25H,1-2,5-6H2,(H,16,24)(H,26,27)/t8-,9+,12+,13+,14+/m0/s1. The maximum atomic E-state index is 12.3. The van der Waals surface area contributed by atoms with Gasteiger partial charge in [-0.3, -0.25) is 4.79 Å². The number of hydrogen-bond donors (Lipinski definition) is 7. The first-order chi connectivity index (χ1) is 13.3. The molecule has 1 aromatic heterocycles. The molecule has 5 atom stereocenters. The first kappa shape index (κ1) is 21.7. The molecule has 2 rings (SSSR count). The van der Waals surface area contributed by atoms with Crippen LogP contribution < -0.4 is 5.32 Å². The van der Waals surface area contributed by atoms with Crippen LogP contribution in [0.1, 0.15) is 5.69 Å². The number of amides is 1. The van der Waals surface area contributed by atoms with Crippen molar-refractivity contribution >= 4 is 11.9 Å². The lowest BCUT2D eigenvalue weighted by molar-refractivity contribution is -0.149. The predicted octanol–water partition coefficient (Wildman–Crippen LogP) is -4.26. The Morgan fingerprint density at radius 3 is 2.64 bits per heavy atom. The molecular weight excluding hydrogens is 380 g/mol. The summed E-state index contributed by atoms with van der Waals surface area (Å²) in [5.74, 6) is -2.85. The Morgan fingerprint density at radius 2 is 2.04 bits per heavy atom. The van der Waals surface area contributed by atoms with Crippen molar-refractivity contribution in [1.29, 1.82) is 0 Å². The van der Waals surface area contributed by atoms with Crippen molar-refractivity contribution in [3.63, 3.8) is 0 Å². The summed E-state index contributed by atoms with van der Waals surface area (Å²) in [6.07, 6.45) is -4.04. The minimum absolute atomic E-state index is 0.137. The Balaban J connectivity index is 2.13. The molecule has 2 heterocycles. The SMILES string of the molecule is O=C(Cn1cc(CCO)nn1)N[C@H]1[C@H]([C@H](O)[C@H](O)CO)OC(C(=O)O)=C[C@@H]1O. The largest absolute Gasteiger partial charge is 0.478 e. The molecule has 0 bridgehead atoms. The van der Waals surface area contributed by atoms with Gasteiger partial charge in [-0.05, 0) is 6.08 Å². The summed E-state index contributed by atoms with van der Waals surface area (Å²) in [5, 5.41) is 66.7. The van der Waals surface area contributed by atoms with Crippen LogP contribution in [0.2, 0.25) is 0 Å². The molecule has 13 heteroatoms. The molecule has 0 saturated heterocycles. The molecule has 0 radical (unpaired) electrons. The fourth-order valence-electron chi connectivity index (χ4n) is 2.63. The van der Waals surface area contributed by atoms with E-state index in [4.69, 9.17) is 20.1 Å². The van der Waals surface area contributed by atoms with Gasteiger partial charge in [0.05, 0.1) is 18.3 Å². The summed E-state index contributed by atoms with van der Waals surface area (Å²) >= 11 is 0. The van der Waals surface area contributed by atoms with Crippen molar-refractivity contribution in [2.24, 2.45) is 0 Å². The summed E-state index contributed by atoms with van der Waals surface area (Å²) in [4.78, 5) is 23.4. The number of carboxylic acid groups (broad SMARTS) is 1. The predicted molar refractivity (Wildman–Crippen MR) is 88.4 cm³/mol. The number of nitrogens with zero attached hydrogens (tertiary/aromatic N) is 3. The van der Waals surface area contributed by atoms with E-state index in [0.717, 1.165) is 6.08 Å². The van der Waals surface area contributed by atoms with Gasteiger partial charge >= 0.3 is 5.97 Å². The van der Waals surface area contributed by atoms with Gasteiger partial charge in [-0.2, -0.15) is 0 Å². The molecule has 156 valence electrons. The van der Waals surface area contributed by atoms with Gasteiger partial charge in [0.1, 0.15) is 24.9 Å². The van der Waals surface area contributed by atoms with Gasteiger partial charge in [0.15, 0.2) is 6.10 Å². The van der Waals surface area contributed by atoms with Crippen LogP contribution in [0.4, 0.5) is 0 Å². The molecule has 1 aromatic rings. The summed E-state index contributed by atoms with van der Waals surface area (Å²) in [6, 6.07) is -1.31. The summed E-state index contributed by atoms with van der Waals surface area (Å²) in [6.45, 7) is -1.31. The van der Waals surface area contributed by atoms with Crippen molar-refractivity contribution in [2.75, 3.05) is 13.2 Å². The first-order valence-electron chi connectivity index (χ1n) is 8.32. The summed E-state index contributed by atoms with van der Waals surface area (Å²) < 4.78 is 6.29. The number of nitrogens with one attached hydrogen (secondary N) is 1. The molecule has 0 aromatic carbocycles. The van der Waals surface area contributed by atoms with Crippen LogP contribution >= 0.6 is 0 Å². The fourth-order valence-corrected chi connectivity index (χ4v) is 2.63. The quantitative estimate of drug-likeness (QED) is 0.210. The van der Waals surface area contributed by atoms with Crippen LogP contribution in [-0.2, 0) is 27.3 Å². The minimum Gasteiger partial charge on any atom is -0.478 e. The molecule has 28 heavy (non-hydrogen) atoms. The molecule has 1 amide bonds. The van der Waals surface area contributed by atoms with E-state index >= 15 is 0 Å². The third kappa shape index (κ3) is 5.24. The highest BCUT2D eigenvalue weighted by molar-refractivity contribution is 5.84. The topological polar surface area (TPSA) is 207 Å². The van der Waals surface area contributed by atoms with Crippen LogP contribution in [0.15, 0.2) is 18.0 Å². The van der Waals surface area contributed by atoms with Crippen molar-refractivity contribution in [3.8, 4) is 0 Å². The number of ether oxygens (including phenoxy) is 1. The van der Waals surface area contributed by atoms with E-state index in [2.05, 4.69) is 15.6 Å². The number of aliphatic hydroxyl groups is 5. The highest BCUT2D eigenvalue weighted by Gasteiger charge is 2.43. The zero-order valence-electron chi connectivity index (χ0n) is 14.6. The molecule has 1 aliphatic heterocycles. The number of hydrogen-bond acceptors (Lipinski definition) is 10. The third-order valence-electron chi connectivity index (χ3n) is 4.02. The summed E-state index contributed by atoms with van der Waals surface area (Å²) in [5.41, 5.74) is 0.463. The molecular formula is C15H22N4O9. The van der Waals surface area contributed by atoms with Crippen molar-refractivity contribution in [3.05, 3.63) is 23.7 Å². The average molecular weight is 402 g/mol. The van der Waals surface area contributed by atoms with Crippen LogP contribution in [0.5, 0.6) is 0 Å². The van der Waals surface area contributed by atoms with Gasteiger partial charge in [-0.1, -0.05) is 5.21 Å². The van der Waals surface area contributed by atoms with Crippen molar-refractivity contribution in [1.82, 2.24) is 20.3 Å². The normalized spacial score (nSPS) is 24.0. The Bertz CT molecular complexity index is 722. The van der Waals surface area contributed by atoms with Crippen LogP contribution in [0.25, 0.3) is 0 Å². The average Bonchev–Trinajstić information content (AvgIpc) is 3.08. The lowest BCUT2D eigenvalue weighted by Crippen LogP contribution is -2.60. The van der Waals surface area contributed by atoms with Gasteiger partial charge < -0.3 is 40.7 Å². The van der Waals surface area contributed by atoms with E-state index in [1.165, 1.54) is 10.9 Å². The maximum Gasteiger partial charge on any atom is 0.370 e. The number of aliphatic carboxylic acids is 1. The fraction of sp³-hybridized carbons (Fsp3) is 0.600. The van der Waals surface area contributed by atoms with E-state index in [9.17, 15) is 24.9 Å². The van der Waals surface area contributed by atoms with Gasteiger partial charge in [-0.25, -0.2) is 9.48 Å². The number of rotatable bonds is 9. The van der Waals surface area contributed by atoms with Gasteiger partial charge in [0, 0.05) is 19.2 Å². The molecule has 0 fully saturated rings. The van der Waals surface area contributed by atoms with E-state index in [1.54, 1.807) is 0 Å². The Labute approximate surface area is 158 Å². The Kier molecular flexibility index (Phi) is 7.42. The van der Waals surface area contributed by atoms with E-state index < -0.39 is 54.7 Å². The van der Waals surface area contributed by atoms with Crippen LogP contribution in [-0.4, -0.2) is 101 Å².